The van der Waals surface area contributed by atoms with Gasteiger partial charge >= 0.3 is 0 Å². The van der Waals surface area contributed by atoms with Crippen LogP contribution in [0, 0.1) is 5.92 Å². The normalized spacial score (nSPS) is 21.1. The minimum Gasteiger partial charge on any atom is -0.368 e. The Morgan fingerprint density at radius 3 is 2.54 bits per heavy atom. The number of hydrogen-bond acceptors (Lipinski definition) is 8. The molecule has 0 radical (unpaired) electrons. The number of aromatic nitrogens is 4. The summed E-state index contributed by atoms with van der Waals surface area (Å²) in [5.74, 6) is 3.26. The molecule has 150 valence electrons. The van der Waals surface area contributed by atoms with Crippen molar-refractivity contribution < 1.29 is 0 Å². The van der Waals surface area contributed by atoms with Crippen molar-refractivity contribution in [2.45, 2.75) is 51.0 Å². The zero-order chi connectivity index (χ0) is 18.8. The van der Waals surface area contributed by atoms with Gasteiger partial charge < -0.3 is 20.9 Å². The molecule has 2 aliphatic carbocycles. The van der Waals surface area contributed by atoms with E-state index in [2.05, 4.69) is 30.8 Å². The third kappa shape index (κ3) is 3.97. The maximum atomic E-state index is 4.93. The van der Waals surface area contributed by atoms with Crippen LogP contribution in [-0.2, 0) is 0 Å². The van der Waals surface area contributed by atoms with Gasteiger partial charge in [0.05, 0.1) is 0 Å². The fraction of sp³-hybridized carbons (Fsp3) is 0.700. The van der Waals surface area contributed by atoms with Crippen LogP contribution >= 0.6 is 0 Å². The van der Waals surface area contributed by atoms with E-state index in [1.54, 1.807) is 6.33 Å². The molecule has 3 N–H and O–H groups in total. The molecule has 0 spiro atoms. The van der Waals surface area contributed by atoms with E-state index < -0.39 is 0 Å². The van der Waals surface area contributed by atoms with E-state index in [1.165, 1.54) is 44.9 Å². The fourth-order valence-electron chi connectivity index (χ4n) is 4.18. The molecule has 3 aliphatic rings. The topological polar surface area (TPSA) is 90.9 Å². The third-order valence-corrected chi connectivity index (χ3v) is 6.07. The van der Waals surface area contributed by atoms with Gasteiger partial charge in [0.2, 0.25) is 5.95 Å². The zero-order valence-corrected chi connectivity index (χ0v) is 16.5. The molecule has 8 heteroatoms. The summed E-state index contributed by atoms with van der Waals surface area (Å²) in [6, 6.07) is 0.473. The first-order chi connectivity index (χ1) is 13.9. The summed E-state index contributed by atoms with van der Waals surface area (Å²) in [5, 5.41) is 10.6. The van der Waals surface area contributed by atoms with Crippen molar-refractivity contribution >= 4 is 28.6 Å². The molecule has 3 heterocycles. The number of hydrogen-bond donors (Lipinski definition) is 3. The lowest BCUT2D eigenvalue weighted by molar-refractivity contribution is 0.462. The van der Waals surface area contributed by atoms with Gasteiger partial charge in [0, 0.05) is 38.8 Å². The zero-order valence-electron chi connectivity index (χ0n) is 16.5. The summed E-state index contributed by atoms with van der Waals surface area (Å²) < 4.78 is 0. The van der Waals surface area contributed by atoms with Gasteiger partial charge in [-0.3, -0.25) is 0 Å². The smallest absolute Gasteiger partial charge is 0.228 e. The standard InChI is InChI=1S/C20H30N8/c1-2-4-15(5-3-1)25-19-16-17(18(24-13-23-16)22-12-14-6-7-14)26-20(27-19)28-10-8-21-9-11-28/h13-15,21H,1-12H2,(H,22,23,24)(H,25,26,27). The molecule has 0 aromatic carbocycles. The van der Waals surface area contributed by atoms with Crippen LogP contribution in [0.4, 0.5) is 17.6 Å². The first-order valence-electron chi connectivity index (χ1n) is 10.9. The minimum atomic E-state index is 0.473. The van der Waals surface area contributed by atoms with Gasteiger partial charge in [-0.15, -0.1) is 0 Å². The lowest BCUT2D eigenvalue weighted by atomic mass is 9.95. The summed E-state index contributed by atoms with van der Waals surface area (Å²) in [4.78, 5) is 21.2. The Hall–Kier alpha value is -2.22. The first kappa shape index (κ1) is 17.8. The Labute approximate surface area is 165 Å². The molecule has 1 aliphatic heterocycles. The molecule has 1 saturated heterocycles. The van der Waals surface area contributed by atoms with E-state index in [0.717, 1.165) is 67.3 Å². The van der Waals surface area contributed by atoms with Crippen molar-refractivity contribution in [1.82, 2.24) is 25.3 Å². The molecule has 3 fully saturated rings. The Morgan fingerprint density at radius 1 is 0.929 bits per heavy atom. The van der Waals surface area contributed by atoms with Crippen LogP contribution in [0.1, 0.15) is 44.9 Å². The maximum absolute atomic E-state index is 4.93. The quantitative estimate of drug-likeness (QED) is 0.702. The van der Waals surface area contributed by atoms with E-state index >= 15 is 0 Å². The monoisotopic (exact) mass is 382 g/mol. The molecule has 28 heavy (non-hydrogen) atoms. The van der Waals surface area contributed by atoms with Gasteiger partial charge in [-0.2, -0.15) is 4.98 Å². The SMILES string of the molecule is c1nc(NCC2CC2)c2nc(N3CCNCC3)nc(NC3CCCCC3)c2n1. The van der Waals surface area contributed by atoms with Gasteiger partial charge in [0.25, 0.3) is 0 Å². The fourth-order valence-corrected chi connectivity index (χ4v) is 4.18. The molecule has 0 amide bonds. The number of rotatable bonds is 6. The molecule has 2 aromatic heterocycles. The molecule has 5 rings (SSSR count). The van der Waals surface area contributed by atoms with Crippen molar-refractivity contribution in [2.75, 3.05) is 48.3 Å². The number of piperazine rings is 1. The van der Waals surface area contributed by atoms with Gasteiger partial charge in [-0.1, -0.05) is 19.3 Å². The Balaban J connectivity index is 1.51. The van der Waals surface area contributed by atoms with Gasteiger partial charge in [0.1, 0.15) is 17.4 Å². The average Bonchev–Trinajstić information content (AvgIpc) is 3.58. The third-order valence-electron chi connectivity index (χ3n) is 6.07. The maximum Gasteiger partial charge on any atom is 0.228 e. The van der Waals surface area contributed by atoms with Crippen LogP contribution in [0.2, 0.25) is 0 Å². The average molecular weight is 383 g/mol. The predicted molar refractivity (Wildman–Crippen MR) is 112 cm³/mol. The van der Waals surface area contributed by atoms with E-state index in [0.29, 0.717) is 6.04 Å². The van der Waals surface area contributed by atoms with Crippen molar-refractivity contribution in [1.29, 1.82) is 0 Å². The van der Waals surface area contributed by atoms with E-state index in [-0.39, 0.29) is 0 Å². The molecular formula is C20H30N8. The molecule has 2 aromatic rings. The lowest BCUT2D eigenvalue weighted by Crippen LogP contribution is -2.44. The van der Waals surface area contributed by atoms with Gasteiger partial charge in [-0.25, -0.2) is 15.0 Å². The van der Waals surface area contributed by atoms with Crippen molar-refractivity contribution in [3.63, 3.8) is 0 Å². The van der Waals surface area contributed by atoms with E-state index in [1.807, 2.05) is 0 Å². The van der Waals surface area contributed by atoms with Crippen LogP contribution < -0.4 is 20.9 Å². The highest BCUT2D eigenvalue weighted by atomic mass is 15.3. The Kier molecular flexibility index (Phi) is 5.12. The molecule has 2 saturated carbocycles. The highest BCUT2D eigenvalue weighted by Crippen LogP contribution is 2.31. The van der Waals surface area contributed by atoms with Crippen molar-refractivity contribution in [3.8, 4) is 0 Å². The minimum absolute atomic E-state index is 0.473. The molecule has 0 atom stereocenters. The van der Waals surface area contributed by atoms with Gasteiger partial charge in [-0.05, 0) is 31.6 Å². The summed E-state index contributed by atoms with van der Waals surface area (Å²) in [5.41, 5.74) is 1.67. The summed E-state index contributed by atoms with van der Waals surface area (Å²) in [6.07, 6.45) is 10.6. The number of nitrogens with zero attached hydrogens (tertiary/aromatic N) is 5. The number of anilines is 3. The Morgan fingerprint density at radius 2 is 1.75 bits per heavy atom. The summed E-state index contributed by atoms with van der Waals surface area (Å²) in [7, 11) is 0. The Bertz CT molecular complexity index is 809. The molecule has 0 unspecified atom stereocenters. The summed E-state index contributed by atoms with van der Waals surface area (Å²) in [6.45, 7) is 4.74. The lowest BCUT2D eigenvalue weighted by Gasteiger charge is -2.29. The van der Waals surface area contributed by atoms with Crippen molar-refractivity contribution in [3.05, 3.63) is 6.33 Å². The highest BCUT2D eigenvalue weighted by molar-refractivity contribution is 5.93. The molecule has 0 bridgehead atoms. The van der Waals surface area contributed by atoms with Crippen LogP contribution in [0.25, 0.3) is 11.0 Å². The molecular weight excluding hydrogens is 352 g/mol. The molecule has 8 nitrogen and oxygen atoms in total. The summed E-state index contributed by atoms with van der Waals surface area (Å²) >= 11 is 0. The van der Waals surface area contributed by atoms with E-state index in [4.69, 9.17) is 9.97 Å². The van der Waals surface area contributed by atoms with E-state index in [9.17, 15) is 0 Å². The predicted octanol–water partition coefficient (Wildman–Crippen LogP) is 2.40. The number of fused-ring (bicyclic) bond motifs is 1. The van der Waals surface area contributed by atoms with Gasteiger partial charge in [0.15, 0.2) is 11.6 Å². The second-order valence-electron chi connectivity index (χ2n) is 8.33. The van der Waals surface area contributed by atoms with Crippen molar-refractivity contribution in [2.24, 2.45) is 5.92 Å². The second-order valence-corrected chi connectivity index (χ2v) is 8.33. The highest BCUT2D eigenvalue weighted by Gasteiger charge is 2.24. The second kappa shape index (κ2) is 8.03. The van der Waals surface area contributed by atoms with Crippen LogP contribution in [0.5, 0.6) is 0 Å². The largest absolute Gasteiger partial charge is 0.368 e. The first-order valence-corrected chi connectivity index (χ1v) is 10.9. The number of nitrogens with one attached hydrogen (secondary N) is 3. The van der Waals surface area contributed by atoms with Crippen LogP contribution in [0.15, 0.2) is 6.33 Å². The van der Waals surface area contributed by atoms with Crippen LogP contribution in [0.3, 0.4) is 0 Å². The van der Waals surface area contributed by atoms with Crippen LogP contribution in [-0.4, -0.2) is 58.7 Å².